The Kier molecular flexibility index (Phi) is 4.61. The Balaban J connectivity index is 1.42. The number of nitrogens with one attached hydrogen (secondary N) is 1. The summed E-state index contributed by atoms with van der Waals surface area (Å²) in [7, 11) is 0. The first-order chi connectivity index (χ1) is 12.6. The van der Waals surface area contributed by atoms with E-state index in [-0.39, 0.29) is 17.7 Å². The number of hydrogen-bond donors (Lipinski definition) is 1. The molecule has 1 amide bonds. The van der Waals surface area contributed by atoms with Crippen LogP contribution in [0.25, 0.3) is 10.8 Å². The summed E-state index contributed by atoms with van der Waals surface area (Å²) in [6.07, 6.45) is 1.06. The van der Waals surface area contributed by atoms with Crippen LogP contribution in [0, 0.1) is 0 Å². The third-order valence-corrected chi connectivity index (χ3v) is 5.94. The fourth-order valence-electron chi connectivity index (χ4n) is 3.35. The van der Waals surface area contributed by atoms with E-state index in [4.69, 9.17) is 4.42 Å². The molecule has 1 aliphatic rings. The molecule has 1 atom stereocenters. The maximum absolute atomic E-state index is 12.4. The van der Waals surface area contributed by atoms with Gasteiger partial charge < -0.3 is 9.73 Å². The Morgan fingerprint density at radius 2 is 2.19 bits per heavy atom. The number of rotatable bonds is 4. The van der Waals surface area contributed by atoms with Gasteiger partial charge in [-0.3, -0.25) is 9.69 Å². The van der Waals surface area contributed by atoms with Gasteiger partial charge >= 0.3 is 5.63 Å². The average molecular weight is 368 g/mol. The van der Waals surface area contributed by atoms with Crippen molar-refractivity contribution in [1.82, 2.24) is 10.2 Å². The maximum atomic E-state index is 12.4. The number of thiophene rings is 1. The molecule has 4 rings (SSSR count). The van der Waals surface area contributed by atoms with Gasteiger partial charge in [-0.05, 0) is 47.9 Å². The minimum atomic E-state index is -0.484. The van der Waals surface area contributed by atoms with Crippen molar-refractivity contribution >= 4 is 28.0 Å². The highest BCUT2D eigenvalue weighted by Crippen LogP contribution is 2.25. The van der Waals surface area contributed by atoms with Crippen LogP contribution in [0.15, 0.2) is 51.0 Å². The molecular weight excluding hydrogens is 348 g/mol. The normalized spacial score (nSPS) is 15.6. The molecular formula is C20H20N2O3S. The molecule has 0 radical (unpaired) electrons. The third-order valence-electron chi connectivity index (χ3n) is 4.91. The highest BCUT2D eigenvalue weighted by molar-refractivity contribution is 7.10. The first kappa shape index (κ1) is 17.0. The molecule has 0 saturated heterocycles. The number of benzene rings is 1. The minimum Gasteiger partial charge on any atom is -0.417 e. The van der Waals surface area contributed by atoms with Crippen molar-refractivity contribution in [3.63, 3.8) is 0 Å². The van der Waals surface area contributed by atoms with E-state index >= 15 is 0 Å². The summed E-state index contributed by atoms with van der Waals surface area (Å²) in [6, 6.07) is 11.1. The lowest BCUT2D eigenvalue weighted by Crippen LogP contribution is -2.44. The van der Waals surface area contributed by atoms with Crippen molar-refractivity contribution < 1.29 is 9.21 Å². The topological polar surface area (TPSA) is 62.6 Å². The number of amides is 1. The fraction of sp³-hybridized carbons (Fsp3) is 0.300. The lowest BCUT2D eigenvalue weighted by Gasteiger charge is -2.32. The van der Waals surface area contributed by atoms with Gasteiger partial charge in [0, 0.05) is 30.6 Å². The van der Waals surface area contributed by atoms with Gasteiger partial charge in [-0.25, -0.2) is 4.79 Å². The Hall–Kier alpha value is -2.44. The quantitative estimate of drug-likeness (QED) is 0.769. The molecule has 1 aromatic carbocycles. The van der Waals surface area contributed by atoms with Crippen LogP contribution >= 0.6 is 11.3 Å². The second-order valence-corrected chi connectivity index (χ2v) is 7.63. The summed E-state index contributed by atoms with van der Waals surface area (Å²) in [6.45, 7) is 4.53. The molecule has 0 bridgehead atoms. The van der Waals surface area contributed by atoms with E-state index < -0.39 is 5.63 Å². The number of carbonyl (C=O) groups is 1. The molecule has 2 aromatic heterocycles. The second kappa shape index (κ2) is 7.05. The Labute approximate surface area is 155 Å². The van der Waals surface area contributed by atoms with Gasteiger partial charge in [0.1, 0.15) is 0 Å². The fourth-order valence-corrected chi connectivity index (χ4v) is 4.24. The van der Waals surface area contributed by atoms with Crippen molar-refractivity contribution in [2.24, 2.45) is 0 Å². The summed E-state index contributed by atoms with van der Waals surface area (Å²) in [5.41, 5.74) is 0.905. The molecule has 1 aliphatic heterocycles. The van der Waals surface area contributed by atoms with E-state index in [0.717, 1.165) is 19.5 Å². The van der Waals surface area contributed by atoms with E-state index in [9.17, 15) is 9.59 Å². The zero-order valence-corrected chi connectivity index (χ0v) is 15.3. The second-order valence-electron chi connectivity index (χ2n) is 6.63. The molecule has 0 aliphatic carbocycles. The molecule has 1 unspecified atom stereocenters. The van der Waals surface area contributed by atoms with Crippen molar-refractivity contribution in [3.05, 3.63) is 68.4 Å². The van der Waals surface area contributed by atoms with E-state index in [1.807, 2.05) is 17.4 Å². The Morgan fingerprint density at radius 3 is 3.08 bits per heavy atom. The molecule has 0 spiro atoms. The third kappa shape index (κ3) is 3.30. The predicted octanol–water partition coefficient (Wildman–Crippen LogP) is 3.03. The van der Waals surface area contributed by atoms with Crippen molar-refractivity contribution in [3.8, 4) is 0 Å². The first-order valence-corrected chi connectivity index (χ1v) is 9.60. The van der Waals surface area contributed by atoms with Gasteiger partial charge in [0.15, 0.2) is 5.76 Å². The van der Waals surface area contributed by atoms with Gasteiger partial charge in [0.2, 0.25) is 0 Å². The highest BCUT2D eigenvalue weighted by atomic mass is 32.1. The number of carbonyl (C=O) groups excluding carboxylic acids is 1. The molecule has 134 valence electrons. The SMILES string of the molecule is CC(CNC(=O)c1cc2ccccc2c(=O)o1)N1CCc2sccc2C1. The standard InChI is InChI=1S/C20H20N2O3S/c1-13(22-8-6-18-15(12-22)7-9-26-18)11-21-19(23)17-10-14-4-2-3-5-16(14)20(24)25-17/h2-5,7,9-10,13H,6,8,11-12H2,1H3,(H,21,23). The van der Waals surface area contributed by atoms with Crippen molar-refractivity contribution in [2.45, 2.75) is 25.9 Å². The number of hydrogen-bond acceptors (Lipinski definition) is 5. The molecule has 5 nitrogen and oxygen atoms in total. The molecule has 26 heavy (non-hydrogen) atoms. The number of nitrogens with zero attached hydrogens (tertiary/aromatic N) is 1. The minimum absolute atomic E-state index is 0.0552. The van der Waals surface area contributed by atoms with Crippen molar-refractivity contribution in [1.29, 1.82) is 0 Å². The predicted molar refractivity (Wildman–Crippen MR) is 103 cm³/mol. The van der Waals surface area contributed by atoms with Crippen LogP contribution in [0.3, 0.4) is 0 Å². The smallest absolute Gasteiger partial charge is 0.344 e. The summed E-state index contributed by atoms with van der Waals surface area (Å²) < 4.78 is 5.19. The van der Waals surface area contributed by atoms with Crippen LogP contribution in [0.1, 0.15) is 27.9 Å². The monoisotopic (exact) mass is 368 g/mol. The van der Waals surface area contributed by atoms with Gasteiger partial charge in [-0.1, -0.05) is 18.2 Å². The van der Waals surface area contributed by atoms with Crippen LogP contribution in [-0.4, -0.2) is 29.9 Å². The van der Waals surface area contributed by atoms with E-state index in [1.54, 1.807) is 24.3 Å². The van der Waals surface area contributed by atoms with Gasteiger partial charge in [-0.15, -0.1) is 11.3 Å². The first-order valence-electron chi connectivity index (χ1n) is 8.72. The van der Waals surface area contributed by atoms with Crippen LogP contribution in [0.5, 0.6) is 0 Å². The van der Waals surface area contributed by atoms with Crippen molar-refractivity contribution in [2.75, 3.05) is 13.1 Å². The van der Waals surface area contributed by atoms with Crippen LogP contribution in [0.2, 0.25) is 0 Å². The highest BCUT2D eigenvalue weighted by Gasteiger charge is 2.22. The molecule has 3 aromatic rings. The summed E-state index contributed by atoms with van der Waals surface area (Å²) in [5, 5.41) is 6.23. The molecule has 0 fully saturated rings. The van der Waals surface area contributed by atoms with E-state index in [1.165, 1.54) is 10.4 Å². The Morgan fingerprint density at radius 1 is 1.35 bits per heavy atom. The Bertz CT molecular complexity index is 1010. The summed E-state index contributed by atoms with van der Waals surface area (Å²) >= 11 is 1.82. The van der Waals surface area contributed by atoms with Crippen LogP contribution < -0.4 is 10.9 Å². The summed E-state index contributed by atoms with van der Waals surface area (Å²) in [5.74, 6) is -0.299. The van der Waals surface area contributed by atoms with E-state index in [2.05, 4.69) is 28.6 Å². The number of fused-ring (bicyclic) bond motifs is 2. The lowest BCUT2D eigenvalue weighted by atomic mass is 10.1. The van der Waals surface area contributed by atoms with Crippen LogP contribution in [0.4, 0.5) is 0 Å². The van der Waals surface area contributed by atoms with Gasteiger partial charge in [-0.2, -0.15) is 0 Å². The lowest BCUT2D eigenvalue weighted by molar-refractivity contribution is 0.0901. The maximum Gasteiger partial charge on any atom is 0.344 e. The largest absolute Gasteiger partial charge is 0.417 e. The zero-order valence-electron chi connectivity index (χ0n) is 14.5. The van der Waals surface area contributed by atoms with Gasteiger partial charge in [0.05, 0.1) is 5.39 Å². The van der Waals surface area contributed by atoms with Crippen LogP contribution in [-0.2, 0) is 13.0 Å². The zero-order chi connectivity index (χ0) is 18.1. The van der Waals surface area contributed by atoms with E-state index in [0.29, 0.717) is 17.3 Å². The molecule has 1 N–H and O–H groups in total. The average Bonchev–Trinajstić information content (AvgIpc) is 3.13. The van der Waals surface area contributed by atoms with Gasteiger partial charge in [0.25, 0.3) is 5.91 Å². The molecule has 6 heteroatoms. The molecule has 3 heterocycles. The summed E-state index contributed by atoms with van der Waals surface area (Å²) in [4.78, 5) is 28.3. The molecule has 0 saturated carbocycles.